The van der Waals surface area contributed by atoms with Gasteiger partial charge in [0.15, 0.2) is 6.29 Å². The molecule has 1 N–H and O–H groups in total. The lowest BCUT2D eigenvalue weighted by molar-refractivity contribution is -0.279. The average molecular weight is 773 g/mol. The van der Waals surface area contributed by atoms with Crippen LogP contribution in [0.5, 0.6) is 0 Å². The number of alkyl halides is 2. The third-order valence-corrected chi connectivity index (χ3v) is 14.9. The molecule has 6 aliphatic carbocycles. The van der Waals surface area contributed by atoms with Gasteiger partial charge in [-0.05, 0) is 125 Å². The van der Waals surface area contributed by atoms with E-state index in [0.717, 1.165) is 70.6 Å². The van der Waals surface area contributed by atoms with Crippen LogP contribution in [0.3, 0.4) is 0 Å². The fourth-order valence-electron chi connectivity index (χ4n) is 12.2. The van der Waals surface area contributed by atoms with Gasteiger partial charge in [-0.2, -0.15) is 17.2 Å². The van der Waals surface area contributed by atoms with Gasteiger partial charge in [-0.3, -0.25) is 14.1 Å². The van der Waals surface area contributed by atoms with Gasteiger partial charge in [0.05, 0.1) is 30.0 Å². The molecule has 1 heterocycles. The van der Waals surface area contributed by atoms with Crippen molar-refractivity contribution in [2.24, 2.45) is 58.2 Å². The molecule has 300 valence electrons. The van der Waals surface area contributed by atoms with E-state index in [9.17, 15) is 31.6 Å². The summed E-state index contributed by atoms with van der Waals surface area (Å²) in [5, 5.41) is -5.09. The Hall–Kier alpha value is -1.90. The highest BCUT2D eigenvalue weighted by Gasteiger charge is 2.59. The highest BCUT2D eigenvalue weighted by Crippen LogP contribution is 2.53. The molecule has 0 aromatic heterocycles. The standard InChI is InChI=1S/C39H58F2O11S/c1-24-9-28-12-29(10-24)15-30(14-28)32(42)48-20-36(23-51-34(43)37-7-3-5-26(17-37)11-25(2)16-37)21-49-33(50-22-36)31-13-27-6-4-8-38(18-27,19-31)52-35(44)39(40,41)53(45,46)47/h24-31,33H,3-23H2,1-2H3,(H,45,46,47). The lowest BCUT2D eigenvalue weighted by Gasteiger charge is -2.50. The number of rotatable bonds is 10. The summed E-state index contributed by atoms with van der Waals surface area (Å²) in [6, 6.07) is 0. The molecule has 0 aromatic carbocycles. The molecule has 8 atom stereocenters. The van der Waals surface area contributed by atoms with E-state index < -0.39 is 44.1 Å². The number of hydrogen-bond donors (Lipinski definition) is 1. The predicted octanol–water partition coefficient (Wildman–Crippen LogP) is 6.86. The minimum Gasteiger partial charge on any atom is -0.465 e. The lowest BCUT2D eigenvalue weighted by Crippen LogP contribution is -2.55. The first-order valence-electron chi connectivity index (χ1n) is 20.1. The maximum atomic E-state index is 14.3. The fraction of sp³-hybridized carbons (Fsp3) is 0.923. The Morgan fingerprint density at radius 2 is 1.40 bits per heavy atom. The van der Waals surface area contributed by atoms with Gasteiger partial charge in [-0.25, -0.2) is 4.79 Å². The van der Waals surface area contributed by atoms with E-state index in [2.05, 4.69) is 13.8 Å². The number of hydrogen-bond acceptors (Lipinski definition) is 10. The van der Waals surface area contributed by atoms with Crippen LogP contribution in [0.15, 0.2) is 0 Å². The Kier molecular flexibility index (Phi) is 11.0. The number of carbonyl (C=O) groups is 3. The van der Waals surface area contributed by atoms with Gasteiger partial charge < -0.3 is 23.7 Å². The highest BCUT2D eigenvalue weighted by molar-refractivity contribution is 7.87. The Morgan fingerprint density at radius 1 is 0.774 bits per heavy atom. The molecule has 8 unspecified atom stereocenters. The minimum absolute atomic E-state index is 0.00452. The summed E-state index contributed by atoms with van der Waals surface area (Å²) in [6.45, 7) is 4.53. The summed E-state index contributed by atoms with van der Waals surface area (Å²) in [4.78, 5) is 39.9. The van der Waals surface area contributed by atoms with Gasteiger partial charge in [0.1, 0.15) is 18.8 Å². The molecule has 7 aliphatic rings. The molecule has 53 heavy (non-hydrogen) atoms. The van der Waals surface area contributed by atoms with Gasteiger partial charge >= 0.3 is 33.3 Å². The van der Waals surface area contributed by atoms with E-state index in [1.807, 2.05) is 0 Å². The zero-order valence-electron chi connectivity index (χ0n) is 31.2. The van der Waals surface area contributed by atoms with Crippen LogP contribution < -0.4 is 0 Å². The van der Waals surface area contributed by atoms with Crippen LogP contribution >= 0.6 is 0 Å². The maximum Gasteiger partial charge on any atom is 0.465 e. The number of ether oxygens (including phenoxy) is 5. The quantitative estimate of drug-likeness (QED) is 0.141. The SMILES string of the molecule is CC1CC2CC(C1)CC(C(=O)OCC1(COC(=O)C34CCCC(CC(C)C3)C4)COC(C3CC4CCCC(OC(=O)C(F)(F)S(=O)(=O)O)(C4)C3)OC1)C2. The predicted molar refractivity (Wildman–Crippen MR) is 186 cm³/mol. The largest absolute Gasteiger partial charge is 0.465 e. The van der Waals surface area contributed by atoms with Crippen LogP contribution in [0.25, 0.3) is 0 Å². The Morgan fingerprint density at radius 3 is 2.08 bits per heavy atom. The molecular formula is C39H58F2O11S. The molecule has 14 heteroatoms. The summed E-state index contributed by atoms with van der Waals surface area (Å²) in [6.07, 6.45) is 12.7. The molecule has 6 saturated carbocycles. The third kappa shape index (κ3) is 8.31. The van der Waals surface area contributed by atoms with Crippen LogP contribution in [-0.4, -0.2) is 74.5 Å². The molecule has 0 amide bonds. The second kappa shape index (κ2) is 14.9. The number of carbonyl (C=O) groups excluding carboxylic acids is 3. The summed E-state index contributed by atoms with van der Waals surface area (Å²) in [5.74, 6) is -0.571. The van der Waals surface area contributed by atoms with E-state index in [1.54, 1.807) is 0 Å². The number of esters is 3. The average Bonchev–Trinajstić information content (AvgIpc) is 3.08. The molecular weight excluding hydrogens is 714 g/mol. The lowest BCUT2D eigenvalue weighted by atomic mass is 9.59. The van der Waals surface area contributed by atoms with E-state index >= 15 is 0 Å². The third-order valence-electron chi connectivity index (χ3n) is 14.1. The maximum absolute atomic E-state index is 14.3. The van der Waals surface area contributed by atoms with Crippen molar-refractivity contribution in [3.05, 3.63) is 0 Å². The molecule has 6 bridgehead atoms. The van der Waals surface area contributed by atoms with Crippen LogP contribution in [-0.2, 0) is 48.2 Å². The summed E-state index contributed by atoms with van der Waals surface area (Å²) in [7, 11) is -6.01. The van der Waals surface area contributed by atoms with Gasteiger partial charge in [-0.1, -0.05) is 33.1 Å². The van der Waals surface area contributed by atoms with Crippen molar-refractivity contribution in [2.45, 2.75) is 140 Å². The van der Waals surface area contributed by atoms with Crippen molar-refractivity contribution < 1.29 is 59.8 Å². The van der Waals surface area contributed by atoms with Gasteiger partial charge in [0, 0.05) is 5.92 Å². The monoisotopic (exact) mass is 772 g/mol. The fourth-order valence-corrected chi connectivity index (χ4v) is 12.4. The van der Waals surface area contributed by atoms with E-state index in [-0.39, 0.29) is 69.0 Å². The first-order valence-corrected chi connectivity index (χ1v) is 21.6. The smallest absolute Gasteiger partial charge is 0.465 e. The molecule has 7 fully saturated rings. The molecule has 0 aromatic rings. The highest BCUT2D eigenvalue weighted by atomic mass is 32.2. The Bertz CT molecular complexity index is 1480. The summed E-state index contributed by atoms with van der Waals surface area (Å²) >= 11 is 0. The van der Waals surface area contributed by atoms with Crippen molar-refractivity contribution in [1.82, 2.24) is 0 Å². The van der Waals surface area contributed by atoms with E-state index in [1.165, 1.54) is 6.42 Å². The topological polar surface area (TPSA) is 152 Å². The van der Waals surface area contributed by atoms with E-state index in [4.69, 9.17) is 28.2 Å². The number of fused-ring (bicyclic) bond motifs is 6. The first-order chi connectivity index (χ1) is 25.0. The van der Waals surface area contributed by atoms with E-state index in [0.29, 0.717) is 48.9 Å². The van der Waals surface area contributed by atoms with Crippen LogP contribution in [0.2, 0.25) is 0 Å². The van der Waals surface area contributed by atoms with Gasteiger partial charge in [0.25, 0.3) is 0 Å². The molecule has 0 spiro atoms. The molecule has 0 radical (unpaired) electrons. The van der Waals surface area contributed by atoms with Crippen LogP contribution in [0.4, 0.5) is 8.78 Å². The van der Waals surface area contributed by atoms with Gasteiger partial charge in [0.2, 0.25) is 0 Å². The zero-order chi connectivity index (χ0) is 37.8. The van der Waals surface area contributed by atoms with Crippen molar-refractivity contribution in [1.29, 1.82) is 0 Å². The molecule has 11 nitrogen and oxygen atoms in total. The van der Waals surface area contributed by atoms with Crippen molar-refractivity contribution in [3.8, 4) is 0 Å². The molecule has 7 rings (SSSR count). The summed E-state index contributed by atoms with van der Waals surface area (Å²) in [5.41, 5.74) is -2.82. The Labute approximate surface area is 312 Å². The van der Waals surface area contributed by atoms with Crippen molar-refractivity contribution in [2.75, 3.05) is 26.4 Å². The second-order valence-electron chi connectivity index (χ2n) is 18.9. The van der Waals surface area contributed by atoms with Crippen LogP contribution in [0.1, 0.15) is 123 Å². The number of halogens is 2. The van der Waals surface area contributed by atoms with Crippen molar-refractivity contribution in [3.63, 3.8) is 0 Å². The van der Waals surface area contributed by atoms with Crippen LogP contribution in [0, 0.1) is 58.2 Å². The zero-order valence-corrected chi connectivity index (χ0v) is 32.1. The van der Waals surface area contributed by atoms with Gasteiger partial charge in [-0.15, -0.1) is 0 Å². The first kappa shape index (κ1) is 39.3. The Balaban J connectivity index is 1.03. The summed E-state index contributed by atoms with van der Waals surface area (Å²) < 4.78 is 90.3. The molecule has 1 saturated heterocycles. The molecule has 1 aliphatic heterocycles. The normalized spacial score (nSPS) is 42.9. The second-order valence-corrected chi connectivity index (χ2v) is 20.4. The minimum atomic E-state index is -6.01. The van der Waals surface area contributed by atoms with Crippen molar-refractivity contribution >= 4 is 28.0 Å².